The van der Waals surface area contributed by atoms with Crippen molar-refractivity contribution in [3.05, 3.63) is 35.4 Å². The molecule has 0 atom stereocenters. The second-order valence-corrected chi connectivity index (χ2v) is 6.21. The van der Waals surface area contributed by atoms with Crippen LogP contribution in [0.1, 0.15) is 24.0 Å². The average molecular weight is 289 g/mol. The van der Waals surface area contributed by atoms with Gasteiger partial charge >= 0.3 is 0 Å². The summed E-state index contributed by atoms with van der Waals surface area (Å²) >= 11 is 0. The van der Waals surface area contributed by atoms with Crippen LogP contribution < -0.4 is 5.32 Å². The Kier molecular flexibility index (Phi) is 5.76. The van der Waals surface area contributed by atoms with Gasteiger partial charge in [-0.1, -0.05) is 29.8 Å². The molecular weight excluding hydrogens is 262 g/mol. The number of carbonyl (C=O) groups excluding carboxylic acids is 1. The molecule has 1 fully saturated rings. The summed E-state index contributed by atoms with van der Waals surface area (Å²) in [5.74, 6) is 0.196. The summed E-state index contributed by atoms with van der Waals surface area (Å²) in [5, 5.41) is 3.64. The molecule has 0 spiro atoms. The number of hydrogen-bond donors (Lipinski definition) is 1. The minimum atomic E-state index is 0.196. The fourth-order valence-electron chi connectivity index (χ4n) is 2.71. The molecule has 1 aliphatic heterocycles. The highest BCUT2D eigenvalue weighted by Crippen LogP contribution is 2.12. The zero-order valence-electron chi connectivity index (χ0n) is 13.4. The van der Waals surface area contributed by atoms with Crippen LogP contribution in [0.3, 0.4) is 0 Å². The van der Waals surface area contributed by atoms with Crippen molar-refractivity contribution in [2.24, 2.45) is 0 Å². The van der Waals surface area contributed by atoms with Gasteiger partial charge in [-0.15, -0.1) is 0 Å². The Hall–Kier alpha value is -1.39. The largest absolute Gasteiger partial charge is 0.348 e. The first-order valence-electron chi connectivity index (χ1n) is 7.76. The predicted molar refractivity (Wildman–Crippen MR) is 86.2 cm³/mol. The van der Waals surface area contributed by atoms with Crippen LogP contribution in [0.25, 0.3) is 0 Å². The van der Waals surface area contributed by atoms with E-state index in [1.54, 1.807) is 4.90 Å². The summed E-state index contributed by atoms with van der Waals surface area (Å²) < 4.78 is 0. The number of piperidine rings is 1. The zero-order chi connectivity index (χ0) is 15.2. The van der Waals surface area contributed by atoms with Crippen molar-refractivity contribution in [3.63, 3.8) is 0 Å². The van der Waals surface area contributed by atoms with Crippen LogP contribution in [0.2, 0.25) is 0 Å². The van der Waals surface area contributed by atoms with Crippen LogP contribution in [0.4, 0.5) is 0 Å². The number of hydrogen-bond acceptors (Lipinski definition) is 3. The molecule has 0 unspecified atom stereocenters. The zero-order valence-corrected chi connectivity index (χ0v) is 13.4. The molecule has 0 aromatic heterocycles. The molecule has 0 bridgehead atoms. The van der Waals surface area contributed by atoms with E-state index in [0.29, 0.717) is 12.6 Å². The molecule has 21 heavy (non-hydrogen) atoms. The maximum Gasteiger partial charge on any atom is 0.236 e. The van der Waals surface area contributed by atoms with Gasteiger partial charge in [0.1, 0.15) is 0 Å². The van der Waals surface area contributed by atoms with Gasteiger partial charge < -0.3 is 10.2 Å². The molecule has 1 amide bonds. The number of nitrogens with one attached hydrogen (secondary N) is 1. The van der Waals surface area contributed by atoms with Gasteiger partial charge in [0.15, 0.2) is 0 Å². The molecule has 2 rings (SSSR count). The van der Waals surface area contributed by atoms with E-state index < -0.39 is 0 Å². The van der Waals surface area contributed by atoms with Gasteiger partial charge in [0, 0.05) is 39.8 Å². The Balaban J connectivity index is 1.71. The lowest BCUT2D eigenvalue weighted by Gasteiger charge is -2.32. The highest BCUT2D eigenvalue weighted by Gasteiger charge is 2.20. The molecule has 1 aromatic carbocycles. The number of nitrogens with zero attached hydrogens (tertiary/aromatic N) is 2. The molecule has 4 nitrogen and oxygen atoms in total. The molecule has 1 aliphatic rings. The topological polar surface area (TPSA) is 35.6 Å². The smallest absolute Gasteiger partial charge is 0.236 e. The quantitative estimate of drug-likeness (QED) is 0.895. The first kappa shape index (κ1) is 16.0. The molecule has 0 saturated carbocycles. The van der Waals surface area contributed by atoms with E-state index >= 15 is 0 Å². The molecule has 1 N–H and O–H groups in total. The normalized spacial score (nSPS) is 16.9. The molecule has 1 saturated heterocycles. The molecule has 4 heteroatoms. The van der Waals surface area contributed by atoms with Crippen LogP contribution in [-0.4, -0.2) is 55.5 Å². The van der Waals surface area contributed by atoms with Gasteiger partial charge in [-0.2, -0.15) is 0 Å². The highest BCUT2D eigenvalue weighted by atomic mass is 16.2. The Morgan fingerprint density at radius 1 is 1.33 bits per heavy atom. The summed E-state index contributed by atoms with van der Waals surface area (Å²) in [7, 11) is 3.64. The van der Waals surface area contributed by atoms with Gasteiger partial charge in [-0.3, -0.25) is 9.69 Å². The molecule has 116 valence electrons. The van der Waals surface area contributed by atoms with E-state index in [-0.39, 0.29) is 5.91 Å². The van der Waals surface area contributed by atoms with Gasteiger partial charge in [-0.05, 0) is 25.3 Å². The van der Waals surface area contributed by atoms with Crippen molar-refractivity contribution < 1.29 is 4.79 Å². The van der Waals surface area contributed by atoms with Gasteiger partial charge in [0.25, 0.3) is 0 Å². The SMILES string of the molecule is Cc1cccc(CNC2CCN(CC(=O)N(C)C)CC2)c1. The van der Waals surface area contributed by atoms with Crippen LogP contribution in [-0.2, 0) is 11.3 Å². The molecule has 0 aliphatic carbocycles. The second kappa shape index (κ2) is 7.57. The third-order valence-electron chi connectivity index (χ3n) is 4.12. The number of benzene rings is 1. The minimum Gasteiger partial charge on any atom is -0.348 e. The van der Waals surface area contributed by atoms with Crippen molar-refractivity contribution in [2.75, 3.05) is 33.7 Å². The molecular formula is C17H27N3O. The molecule has 1 heterocycles. The van der Waals surface area contributed by atoms with Crippen molar-refractivity contribution >= 4 is 5.91 Å². The number of likely N-dealkylation sites (N-methyl/N-ethyl adjacent to an activating group) is 1. The summed E-state index contributed by atoms with van der Waals surface area (Å²) in [5.41, 5.74) is 2.66. The van der Waals surface area contributed by atoms with Gasteiger partial charge in [0.05, 0.1) is 6.54 Å². The number of amides is 1. The van der Waals surface area contributed by atoms with Crippen molar-refractivity contribution in [2.45, 2.75) is 32.4 Å². The Labute approximate surface area is 128 Å². The van der Waals surface area contributed by atoms with E-state index in [1.807, 2.05) is 14.1 Å². The predicted octanol–water partition coefficient (Wildman–Crippen LogP) is 1.64. The van der Waals surface area contributed by atoms with Crippen LogP contribution in [0.15, 0.2) is 24.3 Å². The summed E-state index contributed by atoms with van der Waals surface area (Å²) in [6.07, 6.45) is 2.24. The van der Waals surface area contributed by atoms with Gasteiger partial charge in [-0.25, -0.2) is 0 Å². The monoisotopic (exact) mass is 289 g/mol. The fraction of sp³-hybridized carbons (Fsp3) is 0.588. The number of likely N-dealkylation sites (tertiary alicyclic amines) is 1. The molecule has 1 aromatic rings. The number of rotatable bonds is 5. The van der Waals surface area contributed by atoms with Crippen molar-refractivity contribution in [1.82, 2.24) is 15.1 Å². The fourth-order valence-corrected chi connectivity index (χ4v) is 2.71. The number of carbonyl (C=O) groups is 1. The van der Waals surface area contributed by atoms with E-state index in [4.69, 9.17) is 0 Å². The Morgan fingerprint density at radius 2 is 2.05 bits per heavy atom. The summed E-state index contributed by atoms with van der Waals surface area (Å²) in [6, 6.07) is 9.21. The van der Waals surface area contributed by atoms with E-state index in [1.165, 1.54) is 11.1 Å². The van der Waals surface area contributed by atoms with E-state index in [2.05, 4.69) is 41.4 Å². The highest BCUT2D eigenvalue weighted by molar-refractivity contribution is 5.77. The average Bonchev–Trinajstić information content (AvgIpc) is 2.46. The number of aryl methyl sites for hydroxylation is 1. The lowest BCUT2D eigenvalue weighted by atomic mass is 10.0. The lowest BCUT2D eigenvalue weighted by Crippen LogP contribution is -2.45. The van der Waals surface area contributed by atoms with E-state index in [9.17, 15) is 4.79 Å². The van der Waals surface area contributed by atoms with Crippen molar-refractivity contribution in [3.8, 4) is 0 Å². The Morgan fingerprint density at radius 3 is 2.67 bits per heavy atom. The Bertz CT molecular complexity index is 465. The standard InChI is InChI=1S/C17H27N3O/c1-14-5-4-6-15(11-14)12-18-16-7-9-20(10-8-16)13-17(21)19(2)3/h4-6,11,16,18H,7-10,12-13H2,1-3H3. The summed E-state index contributed by atoms with van der Waals surface area (Å²) in [4.78, 5) is 15.6. The molecule has 0 radical (unpaired) electrons. The first-order valence-corrected chi connectivity index (χ1v) is 7.76. The van der Waals surface area contributed by atoms with Gasteiger partial charge in [0.2, 0.25) is 5.91 Å². The first-order chi connectivity index (χ1) is 10.0. The third-order valence-corrected chi connectivity index (χ3v) is 4.12. The third kappa shape index (κ3) is 5.14. The lowest BCUT2D eigenvalue weighted by molar-refractivity contribution is -0.130. The maximum absolute atomic E-state index is 11.7. The van der Waals surface area contributed by atoms with Crippen LogP contribution >= 0.6 is 0 Å². The van der Waals surface area contributed by atoms with Crippen LogP contribution in [0.5, 0.6) is 0 Å². The second-order valence-electron chi connectivity index (χ2n) is 6.21. The van der Waals surface area contributed by atoms with Crippen LogP contribution in [0, 0.1) is 6.92 Å². The summed E-state index contributed by atoms with van der Waals surface area (Å²) in [6.45, 7) is 5.63. The maximum atomic E-state index is 11.7. The minimum absolute atomic E-state index is 0.196. The van der Waals surface area contributed by atoms with E-state index in [0.717, 1.165) is 32.5 Å². The van der Waals surface area contributed by atoms with Crippen molar-refractivity contribution in [1.29, 1.82) is 0 Å².